The first-order valence-electron chi connectivity index (χ1n) is 9.04. The van der Waals surface area contributed by atoms with E-state index in [0.717, 1.165) is 11.1 Å². The van der Waals surface area contributed by atoms with Crippen molar-refractivity contribution in [1.29, 1.82) is 0 Å². The van der Waals surface area contributed by atoms with Crippen LogP contribution >= 0.6 is 0 Å². The van der Waals surface area contributed by atoms with Crippen molar-refractivity contribution in [2.45, 2.75) is 33.6 Å². The Labute approximate surface area is 164 Å². The molecule has 0 aliphatic carbocycles. The maximum atomic E-state index is 12.0. The number of aromatic hydroxyl groups is 1. The van der Waals surface area contributed by atoms with Gasteiger partial charge in [0.15, 0.2) is 11.5 Å². The number of carbonyl (C=O) groups excluding carboxylic acids is 2. The Bertz CT molecular complexity index is 878. The highest BCUT2D eigenvalue weighted by Crippen LogP contribution is 2.26. The first-order valence-corrected chi connectivity index (χ1v) is 9.04. The molecule has 7 heteroatoms. The molecule has 3 N–H and O–H groups in total. The molecule has 0 radical (unpaired) electrons. The third kappa shape index (κ3) is 6.42. The standard InChI is InChI=1S/C21H25N3O4/c1-4-28-19-12-16(6-8-18(19)25)13-22-24-21(27)10-9-20(26)23-17-7-5-14(2)15(3)11-17/h5-8,11-13,25H,4,9-10H2,1-3H3,(H,23,26)(H,24,27). The van der Waals surface area contributed by atoms with E-state index < -0.39 is 0 Å². The number of anilines is 1. The number of hydrogen-bond donors (Lipinski definition) is 3. The van der Waals surface area contributed by atoms with Gasteiger partial charge in [-0.05, 0) is 67.8 Å². The number of amides is 2. The average Bonchev–Trinajstić information content (AvgIpc) is 2.66. The van der Waals surface area contributed by atoms with Crippen LogP contribution in [0.4, 0.5) is 5.69 Å². The van der Waals surface area contributed by atoms with Gasteiger partial charge in [-0.1, -0.05) is 6.07 Å². The van der Waals surface area contributed by atoms with Crippen molar-refractivity contribution in [2.24, 2.45) is 5.10 Å². The summed E-state index contributed by atoms with van der Waals surface area (Å²) in [5.41, 5.74) is 5.99. The lowest BCUT2D eigenvalue weighted by atomic mass is 10.1. The topological polar surface area (TPSA) is 100 Å². The molecule has 0 saturated carbocycles. The molecule has 0 unspecified atom stereocenters. The van der Waals surface area contributed by atoms with Gasteiger partial charge in [-0.15, -0.1) is 0 Å². The summed E-state index contributed by atoms with van der Waals surface area (Å²) in [5, 5.41) is 16.3. The molecule has 7 nitrogen and oxygen atoms in total. The van der Waals surface area contributed by atoms with Gasteiger partial charge in [-0.3, -0.25) is 9.59 Å². The largest absolute Gasteiger partial charge is 0.504 e. The molecule has 0 aromatic heterocycles. The predicted molar refractivity (Wildman–Crippen MR) is 109 cm³/mol. The summed E-state index contributed by atoms with van der Waals surface area (Å²) in [6, 6.07) is 10.4. The minimum Gasteiger partial charge on any atom is -0.504 e. The Hall–Kier alpha value is -3.35. The van der Waals surface area contributed by atoms with E-state index in [2.05, 4.69) is 15.8 Å². The van der Waals surface area contributed by atoms with E-state index in [1.807, 2.05) is 39.0 Å². The first-order chi connectivity index (χ1) is 13.4. The van der Waals surface area contributed by atoms with Crippen LogP contribution < -0.4 is 15.5 Å². The zero-order valence-electron chi connectivity index (χ0n) is 16.3. The third-order valence-corrected chi connectivity index (χ3v) is 4.06. The zero-order chi connectivity index (χ0) is 20.5. The Morgan fingerprint density at radius 2 is 1.82 bits per heavy atom. The monoisotopic (exact) mass is 383 g/mol. The fourth-order valence-electron chi connectivity index (χ4n) is 2.39. The number of aryl methyl sites for hydroxylation is 2. The number of nitrogens with zero attached hydrogens (tertiary/aromatic N) is 1. The molecule has 0 bridgehead atoms. The number of benzene rings is 2. The fraction of sp³-hybridized carbons (Fsp3) is 0.286. The first kappa shape index (κ1) is 21.0. The maximum absolute atomic E-state index is 12.0. The van der Waals surface area contributed by atoms with Gasteiger partial charge in [0.05, 0.1) is 12.8 Å². The molecule has 148 valence electrons. The molecule has 0 heterocycles. The summed E-state index contributed by atoms with van der Waals surface area (Å²) >= 11 is 0. The van der Waals surface area contributed by atoms with E-state index in [-0.39, 0.29) is 30.4 Å². The number of carbonyl (C=O) groups is 2. The molecule has 28 heavy (non-hydrogen) atoms. The molecule has 2 aromatic carbocycles. The lowest BCUT2D eigenvalue weighted by Gasteiger charge is -2.07. The number of hydrogen-bond acceptors (Lipinski definition) is 5. The van der Waals surface area contributed by atoms with Crippen LogP contribution in [-0.2, 0) is 9.59 Å². The SMILES string of the molecule is CCOc1cc(C=NNC(=O)CCC(=O)Nc2ccc(C)c(C)c2)ccc1O. The molecule has 0 aliphatic heterocycles. The van der Waals surface area contributed by atoms with Gasteiger partial charge in [0.2, 0.25) is 11.8 Å². The summed E-state index contributed by atoms with van der Waals surface area (Å²) in [6.07, 6.45) is 1.52. The number of rotatable bonds is 8. The Kier molecular flexibility index (Phi) is 7.56. The molecule has 0 spiro atoms. The average molecular weight is 383 g/mol. The summed E-state index contributed by atoms with van der Waals surface area (Å²) in [6.45, 7) is 6.22. The van der Waals surface area contributed by atoms with Gasteiger partial charge in [0, 0.05) is 18.5 Å². The van der Waals surface area contributed by atoms with Crippen LogP contribution in [0.15, 0.2) is 41.5 Å². The van der Waals surface area contributed by atoms with Crippen molar-refractivity contribution in [3.05, 3.63) is 53.1 Å². The fourth-order valence-corrected chi connectivity index (χ4v) is 2.39. The predicted octanol–water partition coefficient (Wildman–Crippen LogP) is 3.28. The van der Waals surface area contributed by atoms with Crippen LogP contribution in [-0.4, -0.2) is 29.7 Å². The van der Waals surface area contributed by atoms with Crippen molar-refractivity contribution in [3.63, 3.8) is 0 Å². The minimum atomic E-state index is -0.365. The maximum Gasteiger partial charge on any atom is 0.240 e. The van der Waals surface area contributed by atoms with Gasteiger partial charge in [-0.25, -0.2) is 5.43 Å². The molecular formula is C21H25N3O4. The summed E-state index contributed by atoms with van der Waals surface area (Å²) in [5.74, 6) is -0.212. The van der Waals surface area contributed by atoms with Crippen LogP contribution in [0.25, 0.3) is 0 Å². The highest BCUT2D eigenvalue weighted by Gasteiger charge is 2.07. The van der Waals surface area contributed by atoms with Crippen molar-refractivity contribution >= 4 is 23.7 Å². The molecule has 2 rings (SSSR count). The van der Waals surface area contributed by atoms with Crippen molar-refractivity contribution in [1.82, 2.24) is 5.43 Å². The molecular weight excluding hydrogens is 358 g/mol. The zero-order valence-corrected chi connectivity index (χ0v) is 16.3. The minimum absolute atomic E-state index is 0.0216. The second-order valence-corrected chi connectivity index (χ2v) is 6.30. The van der Waals surface area contributed by atoms with E-state index in [0.29, 0.717) is 23.6 Å². The Morgan fingerprint density at radius 3 is 2.54 bits per heavy atom. The molecule has 2 aromatic rings. The van der Waals surface area contributed by atoms with Crippen LogP contribution in [0.1, 0.15) is 36.5 Å². The third-order valence-electron chi connectivity index (χ3n) is 4.06. The quantitative estimate of drug-likeness (QED) is 0.481. The van der Waals surface area contributed by atoms with Gasteiger partial charge in [0.25, 0.3) is 0 Å². The Balaban J connectivity index is 1.79. The van der Waals surface area contributed by atoms with Crippen LogP contribution in [0.3, 0.4) is 0 Å². The van der Waals surface area contributed by atoms with Crippen LogP contribution in [0, 0.1) is 13.8 Å². The smallest absolute Gasteiger partial charge is 0.240 e. The van der Waals surface area contributed by atoms with Crippen molar-refractivity contribution in [3.8, 4) is 11.5 Å². The van der Waals surface area contributed by atoms with Gasteiger partial charge < -0.3 is 15.2 Å². The normalized spacial score (nSPS) is 10.7. The number of phenols is 1. The summed E-state index contributed by atoms with van der Waals surface area (Å²) in [4.78, 5) is 23.8. The van der Waals surface area contributed by atoms with Gasteiger partial charge in [-0.2, -0.15) is 5.10 Å². The molecule has 0 atom stereocenters. The van der Waals surface area contributed by atoms with E-state index in [4.69, 9.17) is 4.74 Å². The molecule has 0 fully saturated rings. The lowest BCUT2D eigenvalue weighted by molar-refractivity contribution is -0.124. The van der Waals surface area contributed by atoms with Gasteiger partial charge >= 0.3 is 0 Å². The molecule has 0 aliphatic rings. The number of ether oxygens (including phenoxy) is 1. The number of hydrazone groups is 1. The second kappa shape index (κ2) is 10.1. The number of nitrogens with one attached hydrogen (secondary N) is 2. The van der Waals surface area contributed by atoms with E-state index in [1.165, 1.54) is 12.3 Å². The van der Waals surface area contributed by atoms with Crippen molar-refractivity contribution in [2.75, 3.05) is 11.9 Å². The highest BCUT2D eigenvalue weighted by molar-refractivity contribution is 5.93. The van der Waals surface area contributed by atoms with E-state index in [9.17, 15) is 14.7 Å². The van der Waals surface area contributed by atoms with Crippen LogP contribution in [0.2, 0.25) is 0 Å². The summed E-state index contributed by atoms with van der Waals surface area (Å²) < 4.78 is 5.29. The van der Waals surface area contributed by atoms with E-state index in [1.54, 1.807) is 12.1 Å². The van der Waals surface area contributed by atoms with Gasteiger partial charge in [0.1, 0.15) is 0 Å². The van der Waals surface area contributed by atoms with Crippen LogP contribution in [0.5, 0.6) is 11.5 Å². The van der Waals surface area contributed by atoms with Crippen molar-refractivity contribution < 1.29 is 19.4 Å². The lowest BCUT2D eigenvalue weighted by Crippen LogP contribution is -2.20. The molecule has 2 amide bonds. The van der Waals surface area contributed by atoms with E-state index >= 15 is 0 Å². The Morgan fingerprint density at radius 1 is 1.07 bits per heavy atom. The molecule has 0 saturated heterocycles. The highest BCUT2D eigenvalue weighted by atomic mass is 16.5. The second-order valence-electron chi connectivity index (χ2n) is 6.30. The summed E-state index contributed by atoms with van der Waals surface area (Å²) in [7, 11) is 0. The number of phenolic OH excluding ortho intramolecular Hbond substituents is 1.